The average Bonchev–Trinajstić information content (AvgIpc) is 2.91. The molecule has 9 heteroatoms. The van der Waals surface area contributed by atoms with Gasteiger partial charge in [-0.1, -0.05) is 11.8 Å². The van der Waals surface area contributed by atoms with Crippen LogP contribution in [0.3, 0.4) is 0 Å². The van der Waals surface area contributed by atoms with Crippen LogP contribution in [0.2, 0.25) is 0 Å². The minimum Gasteiger partial charge on any atom is -0.469 e. The lowest BCUT2D eigenvalue weighted by Crippen LogP contribution is -2.28. The van der Waals surface area contributed by atoms with Crippen molar-refractivity contribution >= 4 is 17.7 Å². The maximum Gasteiger partial charge on any atom is 0.312 e. The van der Waals surface area contributed by atoms with Gasteiger partial charge in [-0.15, -0.1) is 5.10 Å². The van der Waals surface area contributed by atoms with Gasteiger partial charge in [0.15, 0.2) is 0 Å². The minimum absolute atomic E-state index is 0.241. The van der Waals surface area contributed by atoms with E-state index >= 15 is 0 Å². The van der Waals surface area contributed by atoms with E-state index in [4.69, 9.17) is 9.47 Å². The molecular weight excluding hydrogens is 294 g/mol. The molecule has 1 aromatic heterocycles. The summed E-state index contributed by atoms with van der Waals surface area (Å²) in [4.78, 5) is 11.6. The van der Waals surface area contributed by atoms with Gasteiger partial charge in [-0.3, -0.25) is 4.79 Å². The van der Waals surface area contributed by atoms with Crippen molar-refractivity contribution in [1.82, 2.24) is 25.5 Å². The first-order valence-corrected chi connectivity index (χ1v) is 7.67. The van der Waals surface area contributed by atoms with Crippen molar-refractivity contribution < 1.29 is 14.3 Å². The number of carbonyl (C=O) groups is 1. The molecule has 21 heavy (non-hydrogen) atoms. The summed E-state index contributed by atoms with van der Waals surface area (Å²) >= 11 is 1.45. The van der Waals surface area contributed by atoms with Crippen LogP contribution in [0, 0.1) is 5.41 Å². The van der Waals surface area contributed by atoms with Crippen molar-refractivity contribution in [2.45, 2.75) is 25.5 Å². The van der Waals surface area contributed by atoms with Crippen molar-refractivity contribution in [2.24, 2.45) is 5.41 Å². The van der Waals surface area contributed by atoms with Crippen LogP contribution < -0.4 is 5.32 Å². The molecule has 0 aliphatic rings. The Bertz CT molecular complexity index is 438. The number of thioether (sulfide) groups is 1. The maximum absolute atomic E-state index is 11.6. The molecule has 0 aliphatic heterocycles. The lowest BCUT2D eigenvalue weighted by atomic mass is 9.97. The predicted octanol–water partition coefficient (Wildman–Crippen LogP) is 0.200. The fourth-order valence-corrected chi connectivity index (χ4v) is 2.48. The number of rotatable bonds is 10. The van der Waals surface area contributed by atoms with Gasteiger partial charge in [0, 0.05) is 26.0 Å². The monoisotopic (exact) mass is 317 g/mol. The van der Waals surface area contributed by atoms with Crippen LogP contribution in [-0.2, 0) is 20.8 Å². The number of nitrogens with zero attached hydrogens (tertiary/aromatic N) is 4. The number of aromatic nitrogens is 4. The number of esters is 1. The van der Waals surface area contributed by atoms with Crippen LogP contribution in [0.4, 0.5) is 0 Å². The van der Waals surface area contributed by atoms with E-state index in [9.17, 15) is 4.79 Å². The van der Waals surface area contributed by atoms with Crippen LogP contribution in [0.15, 0.2) is 5.16 Å². The Labute approximate surface area is 128 Å². The van der Waals surface area contributed by atoms with E-state index in [0.29, 0.717) is 24.1 Å². The van der Waals surface area contributed by atoms with Crippen molar-refractivity contribution in [3.8, 4) is 0 Å². The molecule has 1 N–H and O–H groups in total. The number of hydrogen-bond acceptors (Lipinski definition) is 8. The fourth-order valence-electron chi connectivity index (χ4n) is 1.50. The zero-order valence-corrected chi connectivity index (χ0v) is 13.8. The lowest BCUT2D eigenvalue weighted by Gasteiger charge is -2.20. The van der Waals surface area contributed by atoms with E-state index in [2.05, 4.69) is 20.8 Å². The van der Waals surface area contributed by atoms with Crippen molar-refractivity contribution in [3.05, 3.63) is 0 Å². The van der Waals surface area contributed by atoms with Crippen LogP contribution >= 0.6 is 11.8 Å². The first-order valence-electron chi connectivity index (χ1n) is 6.68. The molecule has 0 saturated carbocycles. The van der Waals surface area contributed by atoms with Gasteiger partial charge in [0.05, 0.1) is 25.7 Å². The molecule has 0 atom stereocenters. The highest BCUT2D eigenvalue weighted by molar-refractivity contribution is 7.99. The Morgan fingerprint density at radius 1 is 1.38 bits per heavy atom. The standard InChI is InChI=1S/C12H23N5O3S/c1-12(2,10(18)20-4)9-21-11-14-15-16-17(11)7-5-13-6-8-19-3/h13H,5-9H2,1-4H3. The predicted molar refractivity (Wildman–Crippen MR) is 79.1 cm³/mol. The quantitative estimate of drug-likeness (QED) is 0.372. The van der Waals surface area contributed by atoms with Gasteiger partial charge in [-0.05, 0) is 24.3 Å². The summed E-state index contributed by atoms with van der Waals surface area (Å²) in [5.74, 6) is 0.312. The highest BCUT2D eigenvalue weighted by Gasteiger charge is 2.29. The van der Waals surface area contributed by atoms with Gasteiger partial charge in [0.2, 0.25) is 5.16 Å². The summed E-state index contributed by atoms with van der Waals surface area (Å²) in [6, 6.07) is 0. The summed E-state index contributed by atoms with van der Waals surface area (Å²) in [5, 5.41) is 15.5. The van der Waals surface area contributed by atoms with E-state index in [1.54, 1.807) is 11.8 Å². The fraction of sp³-hybridized carbons (Fsp3) is 0.833. The van der Waals surface area contributed by atoms with Gasteiger partial charge in [-0.25, -0.2) is 4.68 Å². The average molecular weight is 317 g/mol. The second-order valence-corrected chi connectivity index (χ2v) is 6.03. The molecule has 1 aromatic rings. The van der Waals surface area contributed by atoms with Gasteiger partial charge in [0.25, 0.3) is 0 Å². The van der Waals surface area contributed by atoms with Crippen molar-refractivity contribution in [3.63, 3.8) is 0 Å². The smallest absolute Gasteiger partial charge is 0.312 e. The summed E-state index contributed by atoms with van der Waals surface area (Å²) in [5.41, 5.74) is -0.576. The Morgan fingerprint density at radius 2 is 2.14 bits per heavy atom. The Balaban J connectivity index is 2.43. The molecule has 0 unspecified atom stereocenters. The minimum atomic E-state index is -0.576. The number of tetrazole rings is 1. The molecular formula is C12H23N5O3S. The topological polar surface area (TPSA) is 91.2 Å². The number of nitrogens with one attached hydrogen (secondary N) is 1. The van der Waals surface area contributed by atoms with E-state index in [1.165, 1.54) is 18.9 Å². The molecule has 0 aromatic carbocycles. The zero-order chi connectivity index (χ0) is 15.7. The normalized spacial score (nSPS) is 11.6. The summed E-state index contributed by atoms with van der Waals surface area (Å²) < 4.78 is 11.5. The number of ether oxygens (including phenoxy) is 2. The van der Waals surface area contributed by atoms with E-state index in [-0.39, 0.29) is 5.97 Å². The van der Waals surface area contributed by atoms with Crippen LogP contribution in [-0.4, -0.2) is 65.8 Å². The lowest BCUT2D eigenvalue weighted by molar-refractivity contribution is -0.149. The third-order valence-electron chi connectivity index (χ3n) is 2.78. The summed E-state index contributed by atoms with van der Waals surface area (Å²) in [6.45, 7) is 6.56. The highest BCUT2D eigenvalue weighted by Crippen LogP contribution is 2.27. The Morgan fingerprint density at radius 3 is 2.81 bits per heavy atom. The molecule has 1 rings (SSSR count). The molecule has 0 saturated heterocycles. The Hall–Kier alpha value is -1.19. The number of methoxy groups -OCH3 is 2. The largest absolute Gasteiger partial charge is 0.469 e. The van der Waals surface area contributed by atoms with Crippen molar-refractivity contribution in [1.29, 1.82) is 0 Å². The molecule has 0 radical (unpaired) electrons. The molecule has 120 valence electrons. The summed E-state index contributed by atoms with van der Waals surface area (Å²) in [6.07, 6.45) is 0. The zero-order valence-electron chi connectivity index (χ0n) is 13.0. The van der Waals surface area contributed by atoms with E-state index in [0.717, 1.165) is 13.1 Å². The van der Waals surface area contributed by atoms with E-state index < -0.39 is 5.41 Å². The molecule has 8 nitrogen and oxygen atoms in total. The van der Waals surface area contributed by atoms with Gasteiger partial charge in [0.1, 0.15) is 0 Å². The highest BCUT2D eigenvalue weighted by atomic mass is 32.2. The van der Waals surface area contributed by atoms with Gasteiger partial charge < -0.3 is 14.8 Å². The Kier molecular flexibility index (Phi) is 7.62. The first-order chi connectivity index (χ1) is 10.0. The molecule has 1 heterocycles. The third-order valence-corrected chi connectivity index (χ3v) is 4.20. The summed E-state index contributed by atoms with van der Waals surface area (Å²) in [7, 11) is 3.06. The second-order valence-electron chi connectivity index (χ2n) is 5.09. The molecule has 0 amide bonds. The van der Waals surface area contributed by atoms with E-state index in [1.807, 2.05) is 13.8 Å². The second kappa shape index (κ2) is 8.96. The molecule has 0 fully saturated rings. The SMILES string of the molecule is COCCNCCn1nnnc1SCC(C)(C)C(=O)OC. The number of carbonyl (C=O) groups excluding carboxylic acids is 1. The van der Waals surface area contributed by atoms with Crippen LogP contribution in [0.25, 0.3) is 0 Å². The third kappa shape index (κ3) is 5.98. The van der Waals surface area contributed by atoms with Crippen LogP contribution in [0.1, 0.15) is 13.8 Å². The molecule has 0 bridgehead atoms. The molecule has 0 aliphatic carbocycles. The van der Waals surface area contributed by atoms with Crippen LogP contribution in [0.5, 0.6) is 0 Å². The van der Waals surface area contributed by atoms with Gasteiger partial charge >= 0.3 is 5.97 Å². The first kappa shape index (κ1) is 17.9. The van der Waals surface area contributed by atoms with Crippen molar-refractivity contribution in [2.75, 3.05) is 39.7 Å². The molecule has 0 spiro atoms. The maximum atomic E-state index is 11.6. The number of hydrogen-bond donors (Lipinski definition) is 1. The van der Waals surface area contributed by atoms with Gasteiger partial charge in [-0.2, -0.15) is 0 Å².